The van der Waals surface area contributed by atoms with Crippen molar-refractivity contribution in [2.45, 2.75) is 13.3 Å². The molecule has 0 atom stereocenters. The summed E-state index contributed by atoms with van der Waals surface area (Å²) in [6.07, 6.45) is 0.414. The third kappa shape index (κ3) is 4.83. The first kappa shape index (κ1) is 15.4. The fourth-order valence-corrected chi connectivity index (χ4v) is 2.28. The number of Topliss-reactive ketones (excluding diaryl/α,β-unsaturated/α-hetero) is 2. The van der Waals surface area contributed by atoms with Gasteiger partial charge in [0.25, 0.3) is 0 Å². The zero-order valence-corrected chi connectivity index (χ0v) is 13.2. The van der Waals surface area contributed by atoms with E-state index in [2.05, 4.69) is 15.9 Å². The van der Waals surface area contributed by atoms with Crippen LogP contribution in [0.2, 0.25) is 0 Å². The lowest BCUT2D eigenvalue weighted by Gasteiger charge is -2.06. The third-order valence-electron chi connectivity index (χ3n) is 2.89. The Morgan fingerprint density at radius 1 is 1.10 bits per heavy atom. The topological polar surface area (TPSA) is 43.4 Å². The Labute approximate surface area is 132 Å². The van der Waals surface area contributed by atoms with Crippen LogP contribution in [0, 0.1) is 0 Å². The van der Waals surface area contributed by atoms with Gasteiger partial charge in [0.15, 0.2) is 12.4 Å². The van der Waals surface area contributed by atoms with Crippen molar-refractivity contribution in [2.75, 3.05) is 6.61 Å². The van der Waals surface area contributed by atoms with Crippen LogP contribution >= 0.6 is 15.9 Å². The van der Waals surface area contributed by atoms with Crippen LogP contribution in [0.4, 0.5) is 0 Å². The molecule has 2 aromatic carbocycles. The molecule has 2 aromatic rings. The van der Waals surface area contributed by atoms with E-state index in [0.717, 1.165) is 10.0 Å². The van der Waals surface area contributed by atoms with E-state index < -0.39 is 0 Å². The van der Waals surface area contributed by atoms with E-state index in [9.17, 15) is 9.59 Å². The third-order valence-corrected chi connectivity index (χ3v) is 3.39. The largest absolute Gasteiger partial charge is 0.485 e. The zero-order chi connectivity index (χ0) is 15.2. The number of ether oxygens (including phenoxy) is 1. The van der Waals surface area contributed by atoms with Crippen molar-refractivity contribution in [3.63, 3.8) is 0 Å². The first-order chi connectivity index (χ1) is 10.0. The summed E-state index contributed by atoms with van der Waals surface area (Å²) in [6.45, 7) is 1.55. The maximum atomic E-state index is 12.0. The Hall–Kier alpha value is -1.94. The molecule has 0 heterocycles. The first-order valence-corrected chi connectivity index (χ1v) is 7.34. The van der Waals surface area contributed by atoms with Gasteiger partial charge in [-0.25, -0.2) is 0 Å². The molecule has 0 aliphatic carbocycles. The van der Waals surface area contributed by atoms with E-state index >= 15 is 0 Å². The predicted molar refractivity (Wildman–Crippen MR) is 84.8 cm³/mol. The van der Waals surface area contributed by atoms with Crippen LogP contribution in [0.15, 0.2) is 53.0 Å². The maximum absolute atomic E-state index is 12.0. The summed E-state index contributed by atoms with van der Waals surface area (Å²) in [5.41, 5.74) is 1.55. The minimum atomic E-state index is -0.0795. The van der Waals surface area contributed by atoms with Gasteiger partial charge < -0.3 is 4.74 Å². The number of benzene rings is 2. The lowest BCUT2D eigenvalue weighted by atomic mass is 10.1. The fourth-order valence-electron chi connectivity index (χ4n) is 1.89. The van der Waals surface area contributed by atoms with Crippen LogP contribution in [0.3, 0.4) is 0 Å². The number of hydrogen-bond donors (Lipinski definition) is 0. The van der Waals surface area contributed by atoms with Crippen LogP contribution in [-0.4, -0.2) is 18.2 Å². The number of ketones is 2. The molecule has 108 valence electrons. The van der Waals surface area contributed by atoms with Crippen molar-refractivity contribution in [1.82, 2.24) is 0 Å². The standard InChI is InChI=1S/C17H15BrO3/c1-12(19)9-13-5-7-16(8-6-13)21-11-17(20)14-3-2-4-15(18)10-14/h2-8,10H,9,11H2,1H3. The second-order valence-electron chi connectivity index (χ2n) is 4.74. The average Bonchev–Trinajstić information content (AvgIpc) is 2.45. The van der Waals surface area contributed by atoms with Gasteiger partial charge in [-0.05, 0) is 36.8 Å². The molecule has 0 saturated carbocycles. The maximum Gasteiger partial charge on any atom is 0.200 e. The van der Waals surface area contributed by atoms with Crippen molar-refractivity contribution in [3.8, 4) is 5.75 Å². The van der Waals surface area contributed by atoms with E-state index in [4.69, 9.17) is 4.74 Å². The van der Waals surface area contributed by atoms with Crippen LogP contribution in [-0.2, 0) is 11.2 Å². The Bertz CT molecular complexity index is 647. The molecular weight excluding hydrogens is 332 g/mol. The van der Waals surface area contributed by atoms with Gasteiger partial charge in [-0.2, -0.15) is 0 Å². The molecule has 0 aliphatic rings. The van der Waals surface area contributed by atoms with Gasteiger partial charge in [0, 0.05) is 16.5 Å². The molecule has 21 heavy (non-hydrogen) atoms. The highest BCUT2D eigenvalue weighted by molar-refractivity contribution is 9.10. The van der Waals surface area contributed by atoms with Gasteiger partial charge in [0.05, 0.1) is 0 Å². The van der Waals surface area contributed by atoms with E-state index in [0.29, 0.717) is 17.7 Å². The summed E-state index contributed by atoms with van der Waals surface area (Å²) in [5.74, 6) is 0.656. The van der Waals surface area contributed by atoms with Crippen LogP contribution in [0.1, 0.15) is 22.8 Å². The molecule has 0 fully saturated rings. The van der Waals surface area contributed by atoms with Crippen molar-refractivity contribution in [3.05, 3.63) is 64.1 Å². The Morgan fingerprint density at radius 3 is 2.43 bits per heavy atom. The Kier molecular flexibility index (Phi) is 5.28. The number of hydrogen-bond acceptors (Lipinski definition) is 3. The van der Waals surface area contributed by atoms with Gasteiger partial charge in [-0.3, -0.25) is 9.59 Å². The number of carbonyl (C=O) groups is 2. The quantitative estimate of drug-likeness (QED) is 0.746. The van der Waals surface area contributed by atoms with E-state index in [1.54, 1.807) is 31.2 Å². The minimum absolute atomic E-state index is 0.0114. The monoisotopic (exact) mass is 346 g/mol. The normalized spacial score (nSPS) is 10.2. The summed E-state index contributed by atoms with van der Waals surface area (Å²) in [7, 11) is 0. The summed E-state index contributed by atoms with van der Waals surface area (Å²) in [4.78, 5) is 23.0. The van der Waals surface area contributed by atoms with Crippen molar-refractivity contribution < 1.29 is 14.3 Å². The van der Waals surface area contributed by atoms with Gasteiger partial charge in [0.1, 0.15) is 11.5 Å². The van der Waals surface area contributed by atoms with Crippen LogP contribution < -0.4 is 4.74 Å². The summed E-state index contributed by atoms with van der Waals surface area (Å²) in [6, 6.07) is 14.4. The highest BCUT2D eigenvalue weighted by Crippen LogP contribution is 2.15. The molecule has 3 nitrogen and oxygen atoms in total. The first-order valence-electron chi connectivity index (χ1n) is 6.54. The smallest absolute Gasteiger partial charge is 0.200 e. The minimum Gasteiger partial charge on any atom is -0.485 e. The molecule has 0 N–H and O–H groups in total. The van der Waals surface area contributed by atoms with Crippen molar-refractivity contribution >= 4 is 27.5 Å². The van der Waals surface area contributed by atoms with Crippen LogP contribution in [0.25, 0.3) is 0 Å². The number of carbonyl (C=O) groups excluding carboxylic acids is 2. The second-order valence-corrected chi connectivity index (χ2v) is 5.66. The van der Waals surface area contributed by atoms with E-state index in [1.165, 1.54) is 0 Å². The molecule has 0 unspecified atom stereocenters. The molecular formula is C17H15BrO3. The lowest BCUT2D eigenvalue weighted by molar-refractivity contribution is -0.116. The molecule has 0 radical (unpaired) electrons. The molecule has 0 saturated heterocycles. The van der Waals surface area contributed by atoms with E-state index in [1.807, 2.05) is 24.3 Å². The number of halogens is 1. The average molecular weight is 347 g/mol. The molecule has 2 rings (SSSR count). The number of rotatable bonds is 6. The highest BCUT2D eigenvalue weighted by atomic mass is 79.9. The van der Waals surface area contributed by atoms with Gasteiger partial charge in [0.2, 0.25) is 0 Å². The summed E-state index contributed by atoms with van der Waals surface area (Å²) < 4.78 is 6.34. The molecule has 0 spiro atoms. The van der Waals surface area contributed by atoms with E-state index in [-0.39, 0.29) is 18.2 Å². The molecule has 4 heteroatoms. The fraction of sp³-hybridized carbons (Fsp3) is 0.176. The molecule has 0 aromatic heterocycles. The second kappa shape index (κ2) is 7.18. The zero-order valence-electron chi connectivity index (χ0n) is 11.6. The molecule has 0 aliphatic heterocycles. The Morgan fingerprint density at radius 2 is 1.81 bits per heavy atom. The summed E-state index contributed by atoms with van der Waals surface area (Å²) in [5, 5.41) is 0. The van der Waals surface area contributed by atoms with Gasteiger partial charge >= 0.3 is 0 Å². The van der Waals surface area contributed by atoms with Gasteiger partial charge in [-0.15, -0.1) is 0 Å². The van der Waals surface area contributed by atoms with Crippen LogP contribution in [0.5, 0.6) is 5.75 Å². The van der Waals surface area contributed by atoms with Crippen molar-refractivity contribution in [2.24, 2.45) is 0 Å². The predicted octanol–water partition coefficient (Wildman–Crippen LogP) is 3.84. The lowest BCUT2D eigenvalue weighted by Crippen LogP contribution is -2.11. The molecule has 0 amide bonds. The highest BCUT2D eigenvalue weighted by Gasteiger charge is 2.07. The summed E-state index contributed by atoms with van der Waals surface area (Å²) >= 11 is 3.33. The van der Waals surface area contributed by atoms with Gasteiger partial charge in [-0.1, -0.05) is 40.2 Å². The SMILES string of the molecule is CC(=O)Cc1ccc(OCC(=O)c2cccc(Br)c2)cc1. The van der Waals surface area contributed by atoms with Crippen molar-refractivity contribution in [1.29, 1.82) is 0 Å². The Balaban J connectivity index is 1.93. The molecule has 0 bridgehead atoms.